The highest BCUT2D eigenvalue weighted by Gasteiger charge is 2.09. The van der Waals surface area contributed by atoms with Crippen LogP contribution >= 0.6 is 22.9 Å². The minimum Gasteiger partial charge on any atom is -0.316 e. The standard InChI is InChI=1S/C14H16ClNS/c1-16-12(9-11-5-3-2-4-6-11)10-13-7-8-14(15)17-13/h2-8,12,16H,9-10H2,1H3. The number of nitrogens with one attached hydrogen (secondary N) is 1. The molecule has 0 aliphatic rings. The van der Waals surface area contributed by atoms with Gasteiger partial charge in [-0.25, -0.2) is 0 Å². The van der Waals surface area contributed by atoms with Crippen LogP contribution in [0.5, 0.6) is 0 Å². The molecule has 1 aromatic carbocycles. The molecule has 0 spiro atoms. The number of halogens is 1. The summed E-state index contributed by atoms with van der Waals surface area (Å²) in [5.41, 5.74) is 1.37. The zero-order chi connectivity index (χ0) is 12.1. The van der Waals surface area contributed by atoms with Crippen molar-refractivity contribution in [1.82, 2.24) is 5.32 Å². The highest BCUT2D eigenvalue weighted by molar-refractivity contribution is 7.16. The smallest absolute Gasteiger partial charge is 0.0931 e. The summed E-state index contributed by atoms with van der Waals surface area (Å²) in [6.07, 6.45) is 2.08. The van der Waals surface area contributed by atoms with Crippen molar-refractivity contribution in [2.24, 2.45) is 0 Å². The van der Waals surface area contributed by atoms with Crippen LogP contribution < -0.4 is 5.32 Å². The van der Waals surface area contributed by atoms with Crippen molar-refractivity contribution in [2.75, 3.05) is 7.05 Å². The number of benzene rings is 1. The van der Waals surface area contributed by atoms with Gasteiger partial charge in [-0.3, -0.25) is 0 Å². The molecule has 2 aromatic rings. The predicted molar refractivity (Wildman–Crippen MR) is 76.0 cm³/mol. The van der Waals surface area contributed by atoms with Gasteiger partial charge in [-0.05, 0) is 37.6 Å². The van der Waals surface area contributed by atoms with Crippen molar-refractivity contribution >= 4 is 22.9 Å². The van der Waals surface area contributed by atoms with Gasteiger partial charge in [0.1, 0.15) is 0 Å². The third-order valence-corrected chi connectivity index (χ3v) is 4.06. The summed E-state index contributed by atoms with van der Waals surface area (Å²) in [4.78, 5) is 1.34. The molecule has 0 fully saturated rings. The Hall–Kier alpha value is -0.830. The highest BCUT2D eigenvalue weighted by atomic mass is 35.5. The van der Waals surface area contributed by atoms with Crippen molar-refractivity contribution in [3.8, 4) is 0 Å². The molecule has 1 N–H and O–H groups in total. The Morgan fingerprint density at radius 3 is 2.47 bits per heavy atom. The Morgan fingerprint density at radius 2 is 1.88 bits per heavy atom. The zero-order valence-corrected chi connectivity index (χ0v) is 11.4. The molecule has 17 heavy (non-hydrogen) atoms. The third kappa shape index (κ3) is 3.84. The first-order valence-electron chi connectivity index (χ1n) is 5.73. The van der Waals surface area contributed by atoms with Crippen molar-refractivity contribution in [2.45, 2.75) is 18.9 Å². The summed E-state index contributed by atoms with van der Waals surface area (Å²) in [5.74, 6) is 0. The molecule has 3 heteroatoms. The van der Waals surface area contributed by atoms with Gasteiger partial charge in [0.2, 0.25) is 0 Å². The Kier molecular flexibility index (Phi) is 4.60. The largest absolute Gasteiger partial charge is 0.316 e. The molecule has 1 nitrogen and oxygen atoms in total. The Balaban J connectivity index is 1.98. The van der Waals surface area contributed by atoms with E-state index >= 15 is 0 Å². The lowest BCUT2D eigenvalue weighted by Gasteiger charge is -2.15. The number of hydrogen-bond acceptors (Lipinski definition) is 2. The van der Waals surface area contributed by atoms with Crippen LogP contribution in [-0.4, -0.2) is 13.1 Å². The van der Waals surface area contributed by atoms with Crippen molar-refractivity contribution < 1.29 is 0 Å². The maximum absolute atomic E-state index is 5.95. The molecule has 1 atom stereocenters. The first-order valence-corrected chi connectivity index (χ1v) is 6.93. The first kappa shape index (κ1) is 12.6. The second-order valence-corrected chi connectivity index (χ2v) is 5.88. The second-order valence-electron chi connectivity index (χ2n) is 4.09. The van der Waals surface area contributed by atoms with E-state index in [1.165, 1.54) is 10.4 Å². The van der Waals surface area contributed by atoms with Crippen LogP contribution in [0.25, 0.3) is 0 Å². The van der Waals surface area contributed by atoms with Gasteiger partial charge < -0.3 is 5.32 Å². The van der Waals surface area contributed by atoms with Gasteiger partial charge >= 0.3 is 0 Å². The SMILES string of the molecule is CNC(Cc1ccccc1)Cc1ccc(Cl)s1. The molecular formula is C14H16ClNS. The molecule has 1 heterocycles. The van der Waals surface area contributed by atoms with E-state index in [9.17, 15) is 0 Å². The third-order valence-electron chi connectivity index (χ3n) is 2.81. The van der Waals surface area contributed by atoms with Crippen molar-refractivity contribution in [3.05, 3.63) is 57.2 Å². The van der Waals surface area contributed by atoms with Crippen LogP contribution in [0.4, 0.5) is 0 Å². The van der Waals surface area contributed by atoms with E-state index in [0.29, 0.717) is 6.04 Å². The Bertz CT molecular complexity index is 452. The minimum absolute atomic E-state index is 0.465. The van der Waals surface area contributed by atoms with E-state index in [0.717, 1.165) is 17.2 Å². The fourth-order valence-corrected chi connectivity index (χ4v) is 3.05. The van der Waals surface area contributed by atoms with Gasteiger partial charge in [0, 0.05) is 10.9 Å². The lowest BCUT2D eigenvalue weighted by molar-refractivity contribution is 0.560. The van der Waals surface area contributed by atoms with Crippen LogP contribution in [0.1, 0.15) is 10.4 Å². The van der Waals surface area contributed by atoms with Crippen LogP contribution in [0, 0.1) is 0 Å². The van der Waals surface area contributed by atoms with E-state index in [2.05, 4.69) is 41.7 Å². The van der Waals surface area contributed by atoms with Gasteiger partial charge in [-0.1, -0.05) is 41.9 Å². The molecule has 90 valence electrons. The van der Waals surface area contributed by atoms with Gasteiger partial charge in [0.05, 0.1) is 4.34 Å². The Morgan fingerprint density at radius 1 is 1.12 bits per heavy atom. The highest BCUT2D eigenvalue weighted by Crippen LogP contribution is 2.23. The molecule has 1 unspecified atom stereocenters. The molecular weight excluding hydrogens is 250 g/mol. The summed E-state index contributed by atoms with van der Waals surface area (Å²) in [5, 5.41) is 3.37. The van der Waals surface area contributed by atoms with E-state index < -0.39 is 0 Å². The van der Waals surface area contributed by atoms with Gasteiger partial charge in [-0.2, -0.15) is 0 Å². The van der Waals surface area contributed by atoms with Gasteiger partial charge in [0.15, 0.2) is 0 Å². The van der Waals surface area contributed by atoms with Crippen LogP contribution in [0.15, 0.2) is 42.5 Å². The fourth-order valence-electron chi connectivity index (χ4n) is 1.88. The first-order chi connectivity index (χ1) is 8.28. The molecule has 0 radical (unpaired) electrons. The number of thiophene rings is 1. The van der Waals surface area contributed by atoms with Gasteiger partial charge in [-0.15, -0.1) is 11.3 Å². The maximum Gasteiger partial charge on any atom is 0.0931 e. The molecule has 1 aromatic heterocycles. The zero-order valence-electron chi connectivity index (χ0n) is 9.82. The number of likely N-dealkylation sites (N-methyl/N-ethyl adjacent to an activating group) is 1. The predicted octanol–water partition coefficient (Wildman–Crippen LogP) is 3.77. The minimum atomic E-state index is 0.465. The fraction of sp³-hybridized carbons (Fsp3) is 0.286. The quantitative estimate of drug-likeness (QED) is 0.868. The molecule has 0 bridgehead atoms. The van der Waals surface area contributed by atoms with E-state index in [1.807, 2.05) is 13.1 Å². The molecule has 2 rings (SSSR count). The summed E-state index contributed by atoms with van der Waals surface area (Å²) < 4.78 is 0.870. The lowest BCUT2D eigenvalue weighted by atomic mass is 10.0. The summed E-state index contributed by atoms with van der Waals surface area (Å²) in [6.45, 7) is 0. The van der Waals surface area contributed by atoms with Gasteiger partial charge in [0.25, 0.3) is 0 Å². The summed E-state index contributed by atoms with van der Waals surface area (Å²) in [7, 11) is 2.02. The van der Waals surface area contributed by atoms with E-state index in [-0.39, 0.29) is 0 Å². The number of hydrogen-bond donors (Lipinski definition) is 1. The summed E-state index contributed by atoms with van der Waals surface area (Å²) in [6, 6.07) is 15.1. The van der Waals surface area contributed by atoms with Crippen LogP contribution in [0.2, 0.25) is 4.34 Å². The van der Waals surface area contributed by atoms with E-state index in [4.69, 9.17) is 11.6 Å². The average molecular weight is 266 g/mol. The Labute approximate surface area is 111 Å². The second kappa shape index (κ2) is 6.20. The maximum atomic E-state index is 5.95. The lowest BCUT2D eigenvalue weighted by Crippen LogP contribution is -2.29. The van der Waals surface area contributed by atoms with Crippen LogP contribution in [0.3, 0.4) is 0 Å². The number of rotatable bonds is 5. The normalized spacial score (nSPS) is 12.6. The van der Waals surface area contributed by atoms with E-state index in [1.54, 1.807) is 11.3 Å². The molecule has 0 saturated carbocycles. The molecule has 0 amide bonds. The monoisotopic (exact) mass is 265 g/mol. The van der Waals surface area contributed by atoms with Crippen molar-refractivity contribution in [1.29, 1.82) is 0 Å². The topological polar surface area (TPSA) is 12.0 Å². The van der Waals surface area contributed by atoms with Crippen molar-refractivity contribution in [3.63, 3.8) is 0 Å². The van der Waals surface area contributed by atoms with Crippen LogP contribution in [-0.2, 0) is 12.8 Å². The molecule has 0 aliphatic carbocycles. The molecule has 0 aliphatic heterocycles. The average Bonchev–Trinajstić information content (AvgIpc) is 2.75. The molecule has 0 saturated heterocycles. The summed E-state index contributed by atoms with van der Waals surface area (Å²) >= 11 is 7.61.